The normalized spacial score (nSPS) is 23.9. The van der Waals surface area contributed by atoms with Gasteiger partial charge in [0.2, 0.25) is 0 Å². The van der Waals surface area contributed by atoms with Gasteiger partial charge in [-0.1, -0.05) is 46.3 Å². The summed E-state index contributed by atoms with van der Waals surface area (Å²) in [4.78, 5) is 29.1. The van der Waals surface area contributed by atoms with E-state index < -0.39 is 5.41 Å². The predicted octanol–water partition coefficient (Wildman–Crippen LogP) is 6.42. The third-order valence-corrected chi connectivity index (χ3v) is 9.05. The lowest BCUT2D eigenvalue weighted by Crippen LogP contribution is -2.62. The first kappa shape index (κ1) is 25.8. The van der Waals surface area contributed by atoms with E-state index in [0.717, 1.165) is 36.0 Å². The molecule has 0 unspecified atom stereocenters. The lowest BCUT2D eigenvalue weighted by atomic mass is 9.64. The van der Waals surface area contributed by atoms with E-state index >= 15 is 0 Å². The van der Waals surface area contributed by atoms with Crippen LogP contribution in [0.25, 0.3) is 0 Å². The molecule has 200 valence electrons. The standard InChI is InChI=1S/C32H32BrN3O3/c1-3-39-30(37)24-9-12-27(13-10-24)36-31(38)32(21(2)34-36)20-25-19-26(33)11-14-28(25)35-16-15-23(18-29(32)35)17-22-7-5-4-6-8-22/h4-14,19,23,29H,3,15-18,20H2,1-2H3/t23-,29+,32+/m0/s1. The minimum absolute atomic E-state index is 0.00451. The Labute approximate surface area is 237 Å². The Hall–Kier alpha value is -3.45. The number of halogens is 1. The van der Waals surface area contributed by atoms with Gasteiger partial charge in [-0.3, -0.25) is 4.79 Å². The van der Waals surface area contributed by atoms with Crippen molar-refractivity contribution in [2.45, 2.75) is 45.6 Å². The van der Waals surface area contributed by atoms with Crippen LogP contribution in [0, 0.1) is 11.3 Å². The third kappa shape index (κ3) is 4.46. The lowest BCUT2D eigenvalue weighted by Gasteiger charge is -2.52. The number of hydrogen-bond acceptors (Lipinski definition) is 5. The summed E-state index contributed by atoms with van der Waals surface area (Å²) in [6.07, 6.45) is 3.64. The fourth-order valence-electron chi connectivity index (χ4n) is 6.66. The molecule has 1 saturated heterocycles. The highest BCUT2D eigenvalue weighted by atomic mass is 79.9. The molecule has 3 aromatic carbocycles. The molecule has 7 heteroatoms. The van der Waals surface area contributed by atoms with Crippen LogP contribution in [0.5, 0.6) is 0 Å². The van der Waals surface area contributed by atoms with Gasteiger partial charge < -0.3 is 9.64 Å². The number of hydrazone groups is 1. The fraction of sp³-hybridized carbons (Fsp3) is 0.344. The maximum absolute atomic E-state index is 14.5. The Morgan fingerprint density at radius 3 is 2.62 bits per heavy atom. The quantitative estimate of drug-likeness (QED) is 0.324. The molecule has 3 heterocycles. The predicted molar refractivity (Wildman–Crippen MR) is 157 cm³/mol. The number of anilines is 2. The van der Waals surface area contributed by atoms with Crippen LogP contribution < -0.4 is 9.91 Å². The smallest absolute Gasteiger partial charge is 0.338 e. The van der Waals surface area contributed by atoms with Crippen molar-refractivity contribution in [3.63, 3.8) is 0 Å². The number of carbonyl (C=O) groups excluding carboxylic acids is 2. The average Bonchev–Trinajstić information content (AvgIpc) is 3.19. The molecule has 0 saturated carbocycles. The molecule has 39 heavy (non-hydrogen) atoms. The highest BCUT2D eigenvalue weighted by molar-refractivity contribution is 9.10. The summed E-state index contributed by atoms with van der Waals surface area (Å²) in [7, 11) is 0. The second-order valence-electron chi connectivity index (χ2n) is 10.8. The van der Waals surface area contributed by atoms with Crippen molar-refractivity contribution in [1.82, 2.24) is 0 Å². The zero-order chi connectivity index (χ0) is 27.1. The number of amides is 1. The second kappa shape index (κ2) is 10.3. The molecule has 1 spiro atoms. The van der Waals surface area contributed by atoms with Crippen LogP contribution in [0.3, 0.4) is 0 Å². The Morgan fingerprint density at radius 1 is 1.10 bits per heavy atom. The number of fused-ring (bicyclic) bond motifs is 4. The topological polar surface area (TPSA) is 62.2 Å². The molecule has 3 atom stereocenters. The van der Waals surface area contributed by atoms with E-state index in [2.05, 4.69) is 69.4 Å². The van der Waals surface area contributed by atoms with Gasteiger partial charge >= 0.3 is 5.97 Å². The van der Waals surface area contributed by atoms with E-state index in [1.165, 1.54) is 16.8 Å². The maximum Gasteiger partial charge on any atom is 0.338 e. The highest BCUT2D eigenvalue weighted by Crippen LogP contribution is 2.51. The summed E-state index contributed by atoms with van der Waals surface area (Å²) < 4.78 is 6.13. The Balaban J connectivity index is 1.36. The van der Waals surface area contributed by atoms with Gasteiger partial charge in [-0.25, -0.2) is 4.79 Å². The third-order valence-electron chi connectivity index (χ3n) is 8.56. The zero-order valence-electron chi connectivity index (χ0n) is 22.3. The molecule has 0 bridgehead atoms. The van der Waals surface area contributed by atoms with Crippen LogP contribution in [-0.2, 0) is 22.4 Å². The van der Waals surface area contributed by atoms with Gasteiger partial charge in [0.1, 0.15) is 5.41 Å². The number of hydrogen-bond donors (Lipinski definition) is 0. The molecular weight excluding hydrogens is 554 g/mol. The summed E-state index contributed by atoms with van der Waals surface area (Å²) in [5.41, 5.74) is 4.96. The van der Waals surface area contributed by atoms with E-state index in [1.54, 1.807) is 36.2 Å². The average molecular weight is 587 g/mol. The molecular formula is C32H32BrN3O3. The summed E-state index contributed by atoms with van der Waals surface area (Å²) >= 11 is 3.65. The van der Waals surface area contributed by atoms with E-state index in [0.29, 0.717) is 30.2 Å². The minimum Gasteiger partial charge on any atom is -0.462 e. The van der Waals surface area contributed by atoms with E-state index in [-0.39, 0.29) is 17.9 Å². The molecule has 3 aliphatic heterocycles. The number of esters is 1. The van der Waals surface area contributed by atoms with Crippen molar-refractivity contribution in [2.24, 2.45) is 16.4 Å². The number of carbonyl (C=O) groups is 2. The second-order valence-corrected chi connectivity index (χ2v) is 11.7. The summed E-state index contributed by atoms with van der Waals surface area (Å²) in [6.45, 7) is 5.02. The molecule has 0 N–H and O–H groups in total. The van der Waals surface area contributed by atoms with Crippen molar-refractivity contribution in [3.05, 3.63) is 94.0 Å². The van der Waals surface area contributed by atoms with Crippen molar-refractivity contribution >= 4 is 44.9 Å². The number of piperidine rings is 1. The maximum atomic E-state index is 14.5. The molecule has 0 aromatic heterocycles. The SMILES string of the molecule is CCOC(=O)c1ccc(N2N=C(C)[C@@]3(Cc4cc(Br)ccc4N4CC[C@@H](Cc5ccccc5)C[C@@H]43)C2=O)cc1. The monoisotopic (exact) mass is 585 g/mol. The zero-order valence-corrected chi connectivity index (χ0v) is 23.9. The van der Waals surface area contributed by atoms with Crippen LogP contribution in [0.4, 0.5) is 11.4 Å². The van der Waals surface area contributed by atoms with Crippen molar-refractivity contribution < 1.29 is 14.3 Å². The highest BCUT2D eigenvalue weighted by Gasteiger charge is 2.59. The Kier molecular flexibility index (Phi) is 6.79. The Morgan fingerprint density at radius 2 is 1.87 bits per heavy atom. The number of benzene rings is 3. The summed E-state index contributed by atoms with van der Waals surface area (Å²) in [6, 6.07) is 24.1. The fourth-order valence-corrected chi connectivity index (χ4v) is 7.07. The summed E-state index contributed by atoms with van der Waals surface area (Å²) in [5, 5.41) is 6.42. The number of rotatable bonds is 5. The van der Waals surface area contributed by atoms with Gasteiger partial charge in [-0.05, 0) is 99.0 Å². The van der Waals surface area contributed by atoms with Crippen LogP contribution >= 0.6 is 15.9 Å². The number of nitrogens with zero attached hydrogens (tertiary/aromatic N) is 3. The molecule has 0 aliphatic carbocycles. The largest absolute Gasteiger partial charge is 0.462 e. The van der Waals surface area contributed by atoms with Crippen molar-refractivity contribution in [1.29, 1.82) is 0 Å². The molecule has 1 amide bonds. The minimum atomic E-state index is -0.747. The van der Waals surface area contributed by atoms with Crippen LogP contribution in [0.2, 0.25) is 0 Å². The van der Waals surface area contributed by atoms with E-state index in [4.69, 9.17) is 9.84 Å². The molecule has 0 radical (unpaired) electrons. The van der Waals surface area contributed by atoms with Gasteiger partial charge in [-0.15, -0.1) is 0 Å². The first-order chi connectivity index (χ1) is 18.9. The van der Waals surface area contributed by atoms with Gasteiger partial charge in [0.05, 0.1) is 23.6 Å². The Bertz CT molecular complexity index is 1440. The van der Waals surface area contributed by atoms with E-state index in [1.807, 2.05) is 6.92 Å². The van der Waals surface area contributed by atoms with Gasteiger partial charge in [0, 0.05) is 22.7 Å². The molecule has 3 aromatic rings. The lowest BCUT2D eigenvalue weighted by molar-refractivity contribution is -0.125. The molecule has 6 nitrogen and oxygen atoms in total. The first-order valence-electron chi connectivity index (χ1n) is 13.7. The van der Waals surface area contributed by atoms with Crippen molar-refractivity contribution in [2.75, 3.05) is 23.1 Å². The van der Waals surface area contributed by atoms with Gasteiger partial charge in [0.15, 0.2) is 0 Å². The molecule has 6 rings (SSSR count). The first-order valence-corrected chi connectivity index (χ1v) is 14.5. The summed E-state index contributed by atoms with van der Waals surface area (Å²) in [5.74, 6) is 0.121. The van der Waals surface area contributed by atoms with Gasteiger partial charge in [0.25, 0.3) is 5.91 Å². The van der Waals surface area contributed by atoms with Crippen LogP contribution in [0.1, 0.15) is 48.2 Å². The van der Waals surface area contributed by atoms with Gasteiger partial charge in [-0.2, -0.15) is 10.1 Å². The van der Waals surface area contributed by atoms with Crippen LogP contribution in [-0.4, -0.2) is 36.8 Å². The number of ether oxygens (including phenoxy) is 1. The molecule has 1 fully saturated rings. The molecule has 3 aliphatic rings. The van der Waals surface area contributed by atoms with Crippen LogP contribution in [0.15, 0.2) is 82.4 Å². The van der Waals surface area contributed by atoms with Crippen molar-refractivity contribution in [3.8, 4) is 0 Å². The van der Waals surface area contributed by atoms with E-state index in [9.17, 15) is 9.59 Å².